The summed E-state index contributed by atoms with van der Waals surface area (Å²) >= 11 is 0. The Balaban J connectivity index is 0.000000583. The molecular weight excluding hydrogens is 200 g/mol. The number of nitro benzene ring substituents is 1. The van der Waals surface area contributed by atoms with E-state index in [9.17, 15) is 14.9 Å². The minimum Gasteiger partial charge on any atom is -0.478 e. The van der Waals surface area contributed by atoms with Gasteiger partial charge in [0.2, 0.25) is 0 Å². The summed E-state index contributed by atoms with van der Waals surface area (Å²) in [6.45, 7) is 2.65. The zero-order chi connectivity index (χ0) is 11.8. The average molecular weight is 212 g/mol. The number of hydrogen-bond acceptors (Lipinski definition) is 4. The Morgan fingerprint density at radius 3 is 2.53 bits per heavy atom. The maximum Gasteiger partial charge on any atom is 0.335 e. The summed E-state index contributed by atoms with van der Waals surface area (Å²) in [5.74, 6) is -1.17. The van der Waals surface area contributed by atoms with Crippen LogP contribution in [0.3, 0.4) is 0 Å². The van der Waals surface area contributed by atoms with Gasteiger partial charge in [0.1, 0.15) is 0 Å². The van der Waals surface area contributed by atoms with Crippen LogP contribution >= 0.6 is 0 Å². The molecule has 0 saturated carbocycles. The van der Waals surface area contributed by atoms with Crippen LogP contribution in [-0.4, -0.2) is 22.5 Å². The molecular formula is C9H12N2O4. The first-order chi connectivity index (χ1) is 7.02. The molecule has 0 heterocycles. The van der Waals surface area contributed by atoms with Crippen molar-refractivity contribution >= 4 is 11.7 Å². The van der Waals surface area contributed by atoms with Crippen molar-refractivity contribution in [2.75, 3.05) is 6.54 Å². The number of nitrogens with zero attached hydrogens (tertiary/aromatic N) is 1. The topological polar surface area (TPSA) is 106 Å². The highest BCUT2D eigenvalue weighted by Gasteiger charge is 2.08. The van der Waals surface area contributed by atoms with Crippen molar-refractivity contribution in [1.82, 2.24) is 0 Å². The predicted molar refractivity (Wildman–Crippen MR) is 54.8 cm³/mol. The third-order valence-electron chi connectivity index (χ3n) is 1.30. The minimum atomic E-state index is -1.17. The molecule has 0 unspecified atom stereocenters. The summed E-state index contributed by atoms with van der Waals surface area (Å²) in [6, 6.07) is 4.89. The molecule has 0 aromatic heterocycles. The Bertz CT molecular complexity index is 322. The Hall–Kier alpha value is -1.95. The van der Waals surface area contributed by atoms with Crippen LogP contribution < -0.4 is 5.73 Å². The molecule has 1 aromatic rings. The second kappa shape index (κ2) is 6.50. The van der Waals surface area contributed by atoms with Crippen molar-refractivity contribution in [2.45, 2.75) is 6.92 Å². The number of carboxylic acid groups (broad SMARTS) is 1. The van der Waals surface area contributed by atoms with E-state index >= 15 is 0 Å². The standard InChI is InChI=1S/C7H5NO4.C2H7N/c9-7(10)5-2-1-3-6(4-5)8(11)12;1-2-3/h1-4H,(H,9,10);2-3H2,1H3. The summed E-state index contributed by atoms with van der Waals surface area (Å²) in [7, 11) is 0. The van der Waals surface area contributed by atoms with E-state index in [1.165, 1.54) is 18.2 Å². The van der Waals surface area contributed by atoms with Gasteiger partial charge in [-0.25, -0.2) is 4.79 Å². The fourth-order valence-corrected chi connectivity index (χ4v) is 0.753. The highest BCUT2D eigenvalue weighted by molar-refractivity contribution is 5.88. The Morgan fingerprint density at radius 2 is 2.13 bits per heavy atom. The van der Waals surface area contributed by atoms with Gasteiger partial charge < -0.3 is 10.8 Å². The second-order valence-electron chi connectivity index (χ2n) is 2.52. The van der Waals surface area contributed by atoms with E-state index in [-0.39, 0.29) is 11.3 Å². The molecule has 0 aliphatic rings. The van der Waals surface area contributed by atoms with E-state index in [2.05, 4.69) is 0 Å². The molecule has 6 nitrogen and oxygen atoms in total. The molecule has 0 aliphatic carbocycles. The van der Waals surface area contributed by atoms with Crippen molar-refractivity contribution in [3.05, 3.63) is 39.9 Å². The van der Waals surface area contributed by atoms with Gasteiger partial charge in [-0.15, -0.1) is 0 Å². The number of aromatic carboxylic acids is 1. The first-order valence-electron chi connectivity index (χ1n) is 4.20. The molecule has 82 valence electrons. The summed E-state index contributed by atoms with van der Waals surface area (Å²) in [4.78, 5) is 19.9. The summed E-state index contributed by atoms with van der Waals surface area (Å²) in [6.07, 6.45) is 0. The Kier molecular flexibility index (Phi) is 5.65. The van der Waals surface area contributed by atoms with E-state index in [4.69, 9.17) is 10.8 Å². The lowest BCUT2D eigenvalue weighted by molar-refractivity contribution is -0.384. The SMILES string of the molecule is CCN.O=C(O)c1cccc([N+](=O)[O-])c1. The molecule has 0 atom stereocenters. The van der Waals surface area contributed by atoms with Gasteiger partial charge in [0.25, 0.3) is 5.69 Å². The first kappa shape index (κ1) is 13.1. The van der Waals surface area contributed by atoms with Crippen molar-refractivity contribution in [3.8, 4) is 0 Å². The fraction of sp³-hybridized carbons (Fsp3) is 0.222. The van der Waals surface area contributed by atoms with Crippen molar-refractivity contribution in [2.24, 2.45) is 5.73 Å². The normalized spacial score (nSPS) is 8.67. The molecule has 6 heteroatoms. The highest BCUT2D eigenvalue weighted by atomic mass is 16.6. The van der Waals surface area contributed by atoms with Crippen LogP contribution in [0.4, 0.5) is 5.69 Å². The number of carboxylic acids is 1. The fourth-order valence-electron chi connectivity index (χ4n) is 0.753. The van der Waals surface area contributed by atoms with Gasteiger partial charge in [-0.2, -0.15) is 0 Å². The van der Waals surface area contributed by atoms with E-state index < -0.39 is 10.9 Å². The number of rotatable bonds is 2. The van der Waals surface area contributed by atoms with Gasteiger partial charge in [-0.05, 0) is 12.6 Å². The average Bonchev–Trinajstić information content (AvgIpc) is 2.19. The van der Waals surface area contributed by atoms with Crippen LogP contribution in [-0.2, 0) is 0 Å². The second-order valence-corrected chi connectivity index (χ2v) is 2.52. The van der Waals surface area contributed by atoms with Crippen LogP contribution in [0, 0.1) is 10.1 Å². The van der Waals surface area contributed by atoms with Crippen LogP contribution in [0.1, 0.15) is 17.3 Å². The number of nitrogens with two attached hydrogens (primary N) is 1. The molecule has 1 aromatic carbocycles. The summed E-state index contributed by atoms with van der Waals surface area (Å²) in [5, 5.41) is 18.7. The van der Waals surface area contributed by atoms with Gasteiger partial charge >= 0.3 is 5.97 Å². The Labute approximate surface area is 86.5 Å². The molecule has 0 saturated heterocycles. The van der Waals surface area contributed by atoms with Crippen molar-refractivity contribution in [3.63, 3.8) is 0 Å². The first-order valence-corrected chi connectivity index (χ1v) is 4.20. The molecule has 15 heavy (non-hydrogen) atoms. The van der Waals surface area contributed by atoms with E-state index in [0.29, 0.717) is 0 Å². The van der Waals surface area contributed by atoms with Crippen LogP contribution in [0.25, 0.3) is 0 Å². The number of carbonyl (C=O) groups is 1. The van der Waals surface area contributed by atoms with E-state index in [1.807, 2.05) is 6.92 Å². The van der Waals surface area contributed by atoms with Crippen molar-refractivity contribution in [1.29, 1.82) is 0 Å². The molecule has 1 rings (SSSR count). The highest BCUT2D eigenvalue weighted by Crippen LogP contribution is 2.12. The van der Waals surface area contributed by atoms with Crippen LogP contribution in [0.5, 0.6) is 0 Å². The summed E-state index contributed by atoms with van der Waals surface area (Å²) in [5.41, 5.74) is 4.55. The summed E-state index contributed by atoms with van der Waals surface area (Å²) < 4.78 is 0. The largest absolute Gasteiger partial charge is 0.478 e. The molecule has 0 amide bonds. The van der Waals surface area contributed by atoms with Gasteiger partial charge in [0.15, 0.2) is 0 Å². The van der Waals surface area contributed by atoms with Crippen molar-refractivity contribution < 1.29 is 14.8 Å². The Morgan fingerprint density at radius 1 is 1.60 bits per heavy atom. The number of benzene rings is 1. The quantitative estimate of drug-likeness (QED) is 0.566. The zero-order valence-electron chi connectivity index (χ0n) is 8.21. The third-order valence-corrected chi connectivity index (χ3v) is 1.30. The smallest absolute Gasteiger partial charge is 0.335 e. The molecule has 0 spiro atoms. The van der Waals surface area contributed by atoms with E-state index in [0.717, 1.165) is 12.6 Å². The third kappa shape index (κ3) is 4.72. The van der Waals surface area contributed by atoms with Gasteiger partial charge in [-0.1, -0.05) is 13.0 Å². The predicted octanol–water partition coefficient (Wildman–Crippen LogP) is 1.26. The van der Waals surface area contributed by atoms with Gasteiger partial charge in [0, 0.05) is 12.1 Å². The molecule has 0 fully saturated rings. The lowest BCUT2D eigenvalue weighted by Gasteiger charge is -1.92. The number of hydrogen-bond donors (Lipinski definition) is 2. The minimum absolute atomic E-state index is 0.0794. The number of nitro groups is 1. The van der Waals surface area contributed by atoms with Gasteiger partial charge in [0.05, 0.1) is 10.5 Å². The molecule has 0 radical (unpaired) electrons. The number of non-ortho nitro benzene ring substituents is 1. The van der Waals surface area contributed by atoms with Crippen LogP contribution in [0.2, 0.25) is 0 Å². The van der Waals surface area contributed by atoms with Gasteiger partial charge in [-0.3, -0.25) is 10.1 Å². The molecule has 3 N–H and O–H groups in total. The molecule has 0 aliphatic heterocycles. The van der Waals surface area contributed by atoms with E-state index in [1.54, 1.807) is 0 Å². The maximum atomic E-state index is 10.4. The van der Waals surface area contributed by atoms with Crippen LogP contribution in [0.15, 0.2) is 24.3 Å². The molecule has 0 bridgehead atoms. The monoisotopic (exact) mass is 212 g/mol. The lowest BCUT2D eigenvalue weighted by Crippen LogP contribution is -1.97. The lowest BCUT2D eigenvalue weighted by atomic mass is 10.2. The maximum absolute atomic E-state index is 10.4. The zero-order valence-corrected chi connectivity index (χ0v) is 8.21.